The van der Waals surface area contributed by atoms with Gasteiger partial charge in [-0.1, -0.05) is 31.2 Å². The van der Waals surface area contributed by atoms with E-state index in [-0.39, 0.29) is 42.1 Å². The number of hydrogen-bond donors (Lipinski definition) is 3. The first kappa shape index (κ1) is 30.4. The Morgan fingerprint density at radius 3 is 2.70 bits per heavy atom. The summed E-state index contributed by atoms with van der Waals surface area (Å²) in [7, 11) is -4.03. The number of rotatable bonds is 1. The Morgan fingerprint density at radius 1 is 1.14 bits per heavy atom. The number of anilines is 1. The third kappa shape index (κ3) is 5.70. The molecular weight excluding hydrogens is 588 g/mol. The molecule has 1 amide bonds. The van der Waals surface area contributed by atoms with Gasteiger partial charge in [-0.05, 0) is 110 Å². The van der Waals surface area contributed by atoms with E-state index in [0.717, 1.165) is 37.8 Å². The molecule has 0 aromatic heterocycles. The number of carbonyl (C=O) groups is 1. The molecule has 1 saturated carbocycles. The predicted molar refractivity (Wildman–Crippen MR) is 167 cm³/mol. The van der Waals surface area contributed by atoms with Crippen molar-refractivity contribution in [2.45, 2.75) is 81.2 Å². The van der Waals surface area contributed by atoms with Gasteiger partial charge in [-0.25, -0.2) is 13.1 Å². The Kier molecular flexibility index (Phi) is 8.30. The number of nitrogens with zero attached hydrogens (tertiary/aromatic N) is 1. The highest BCUT2D eigenvalue weighted by atomic mass is 35.5. The average Bonchev–Trinajstić information content (AvgIpc) is 3.11. The molecule has 0 saturated heterocycles. The predicted octanol–water partition coefficient (Wildman–Crippen LogP) is 4.75. The van der Waals surface area contributed by atoms with E-state index in [1.54, 1.807) is 25.1 Å². The average molecular weight is 629 g/mol. The number of halogens is 1. The van der Waals surface area contributed by atoms with Gasteiger partial charge in [0.25, 0.3) is 5.91 Å². The highest BCUT2D eigenvalue weighted by Crippen LogP contribution is 2.47. The number of benzene rings is 2. The summed E-state index contributed by atoms with van der Waals surface area (Å²) in [6, 6.07) is 11.2. The Labute approximate surface area is 259 Å². The maximum atomic E-state index is 13.4. The molecule has 1 fully saturated rings. The van der Waals surface area contributed by atoms with Crippen LogP contribution in [0.4, 0.5) is 5.69 Å². The summed E-state index contributed by atoms with van der Waals surface area (Å²) in [5, 5.41) is 21.7. The van der Waals surface area contributed by atoms with Crippen LogP contribution < -0.4 is 14.4 Å². The van der Waals surface area contributed by atoms with E-state index in [0.29, 0.717) is 36.0 Å². The van der Waals surface area contributed by atoms with Crippen molar-refractivity contribution in [1.82, 2.24) is 4.72 Å². The zero-order chi connectivity index (χ0) is 30.5. The van der Waals surface area contributed by atoms with Crippen molar-refractivity contribution in [3.8, 4) is 5.75 Å². The van der Waals surface area contributed by atoms with Crippen LogP contribution in [0.5, 0.6) is 5.75 Å². The Morgan fingerprint density at radius 2 is 1.95 bits per heavy atom. The number of aryl methyl sites for hydroxylation is 1. The summed E-state index contributed by atoms with van der Waals surface area (Å²) in [5.74, 6) is 0.172. The monoisotopic (exact) mass is 628 g/mol. The minimum atomic E-state index is -4.03. The molecule has 4 aliphatic rings. The number of hydrogen-bond acceptors (Lipinski definition) is 7. The summed E-state index contributed by atoms with van der Waals surface area (Å²) >= 11 is 6.38. The lowest BCUT2D eigenvalue weighted by molar-refractivity contribution is 0.0203. The summed E-state index contributed by atoms with van der Waals surface area (Å²) < 4.78 is 35.3. The fraction of sp³-hybridized carbons (Fsp3) is 0.545. The second-order valence-electron chi connectivity index (χ2n) is 12.9. The molecule has 3 N–H and O–H groups in total. The quantitative estimate of drug-likeness (QED) is 0.390. The molecule has 2 bridgehead atoms. The Hall–Kier alpha value is -2.59. The summed E-state index contributed by atoms with van der Waals surface area (Å²) in [6.45, 7) is 7.71. The van der Waals surface area contributed by atoms with E-state index < -0.39 is 33.4 Å². The number of carbonyl (C=O) groups excluding carboxylic acids is 1. The molecule has 6 rings (SSSR count). The molecule has 6 atom stereocenters. The van der Waals surface area contributed by atoms with E-state index in [9.17, 15) is 23.4 Å². The number of nitrogens with one attached hydrogen (secondary N) is 1. The van der Waals surface area contributed by atoms with Gasteiger partial charge in [0.15, 0.2) is 0 Å². The van der Waals surface area contributed by atoms with Gasteiger partial charge in [0.2, 0.25) is 10.0 Å². The molecule has 0 unspecified atom stereocenters. The van der Waals surface area contributed by atoms with Crippen LogP contribution in [0.2, 0.25) is 5.02 Å². The summed E-state index contributed by atoms with van der Waals surface area (Å²) in [6.07, 6.45) is 2.87. The minimum absolute atomic E-state index is 0.0239. The van der Waals surface area contributed by atoms with Gasteiger partial charge < -0.3 is 19.8 Å². The van der Waals surface area contributed by atoms with Crippen LogP contribution in [0.15, 0.2) is 48.6 Å². The van der Waals surface area contributed by atoms with Gasteiger partial charge in [-0.2, -0.15) is 0 Å². The van der Waals surface area contributed by atoms with Gasteiger partial charge in [0, 0.05) is 29.1 Å². The van der Waals surface area contributed by atoms with Crippen LogP contribution in [-0.4, -0.2) is 61.7 Å². The first-order valence-corrected chi connectivity index (χ1v) is 17.4. The van der Waals surface area contributed by atoms with Crippen LogP contribution in [0.25, 0.3) is 0 Å². The molecule has 2 aromatic rings. The van der Waals surface area contributed by atoms with E-state index >= 15 is 0 Å². The first-order valence-electron chi connectivity index (χ1n) is 15.4. The SMILES string of the molecule is C=C1[C@H](O)[C@@H](O)CC[C@@H](CC)S(=O)(=O)NC(=O)c2ccc3c(c2)N(C[C@@H]2CC[C@@H]12)C[C@@]1(CCCc2cc(Cl)ccc21)CO3. The van der Waals surface area contributed by atoms with Gasteiger partial charge in [-0.15, -0.1) is 0 Å². The highest BCUT2D eigenvalue weighted by Gasteiger charge is 2.44. The van der Waals surface area contributed by atoms with Crippen molar-refractivity contribution in [3.63, 3.8) is 0 Å². The van der Waals surface area contributed by atoms with Crippen molar-refractivity contribution in [3.05, 3.63) is 70.3 Å². The number of ether oxygens (including phenoxy) is 1. The third-order valence-electron chi connectivity index (χ3n) is 10.3. The van der Waals surface area contributed by atoms with Crippen molar-refractivity contribution in [1.29, 1.82) is 0 Å². The maximum Gasteiger partial charge on any atom is 0.264 e. The normalized spacial score (nSPS) is 32.5. The maximum absolute atomic E-state index is 13.4. The molecule has 1 spiro atoms. The number of sulfonamides is 1. The van der Waals surface area contributed by atoms with Crippen molar-refractivity contribution in [2.24, 2.45) is 11.8 Å². The smallest absolute Gasteiger partial charge is 0.264 e. The van der Waals surface area contributed by atoms with E-state index in [1.807, 2.05) is 6.07 Å². The van der Waals surface area contributed by atoms with Gasteiger partial charge in [0.1, 0.15) is 11.9 Å². The molecule has 43 heavy (non-hydrogen) atoms. The van der Waals surface area contributed by atoms with Gasteiger partial charge >= 0.3 is 0 Å². The first-order chi connectivity index (χ1) is 20.5. The molecule has 2 heterocycles. The molecule has 2 aromatic carbocycles. The molecular formula is C33H41ClN2O6S. The van der Waals surface area contributed by atoms with E-state index in [2.05, 4.69) is 28.3 Å². The second kappa shape index (κ2) is 11.7. The molecule has 10 heteroatoms. The number of aliphatic hydroxyl groups is 2. The second-order valence-corrected chi connectivity index (χ2v) is 15.3. The standard InChI is InChI=1S/C33H41ClN2O6S/c1-3-25-9-12-29(37)31(38)20(2)26-10-6-23(26)17-36-18-33(14-4-5-21-15-24(34)8-11-27(21)33)19-42-30-13-7-22(16-28(30)36)32(39)35-43(25,40)41/h7-8,11,13,15-16,23,25-26,29,31,37-38H,2-6,9-10,12,14,17-19H2,1H3,(H,35,39)/t23-,25+,26-,29-,31-,33-/m0/s1. The van der Waals surface area contributed by atoms with Crippen molar-refractivity contribution in [2.75, 3.05) is 24.6 Å². The molecule has 2 aliphatic heterocycles. The third-order valence-corrected chi connectivity index (χ3v) is 12.5. The Bertz CT molecular complexity index is 1530. The van der Waals surface area contributed by atoms with Gasteiger partial charge in [-0.3, -0.25) is 4.79 Å². The van der Waals surface area contributed by atoms with E-state index in [4.69, 9.17) is 16.3 Å². The lowest BCUT2D eigenvalue weighted by Gasteiger charge is -2.46. The highest BCUT2D eigenvalue weighted by molar-refractivity contribution is 7.90. The number of amides is 1. The lowest BCUT2D eigenvalue weighted by atomic mass is 9.67. The summed E-state index contributed by atoms with van der Waals surface area (Å²) in [4.78, 5) is 15.7. The zero-order valence-corrected chi connectivity index (χ0v) is 26.2. The Balaban J connectivity index is 1.43. The van der Waals surface area contributed by atoms with Gasteiger partial charge in [0.05, 0.1) is 23.6 Å². The van der Waals surface area contributed by atoms with Crippen LogP contribution >= 0.6 is 11.6 Å². The summed E-state index contributed by atoms with van der Waals surface area (Å²) in [5.41, 5.74) is 3.75. The fourth-order valence-corrected chi connectivity index (χ4v) is 9.27. The molecule has 8 nitrogen and oxygen atoms in total. The zero-order valence-electron chi connectivity index (χ0n) is 24.6. The van der Waals surface area contributed by atoms with Crippen LogP contribution in [0.3, 0.4) is 0 Å². The molecule has 232 valence electrons. The topological polar surface area (TPSA) is 116 Å². The van der Waals surface area contributed by atoms with E-state index in [1.165, 1.54) is 11.1 Å². The lowest BCUT2D eigenvalue weighted by Crippen LogP contribution is -2.49. The minimum Gasteiger partial charge on any atom is -0.490 e. The number of fused-ring (bicyclic) bond motifs is 4. The molecule has 0 radical (unpaired) electrons. The number of aliphatic hydroxyl groups excluding tert-OH is 2. The largest absolute Gasteiger partial charge is 0.490 e. The van der Waals surface area contributed by atoms with Crippen LogP contribution in [0.1, 0.15) is 73.4 Å². The van der Waals surface area contributed by atoms with Crippen molar-refractivity contribution >= 4 is 33.2 Å². The molecule has 2 aliphatic carbocycles. The van der Waals surface area contributed by atoms with Crippen LogP contribution in [0, 0.1) is 11.8 Å². The van der Waals surface area contributed by atoms with Crippen molar-refractivity contribution < 1.29 is 28.2 Å². The van der Waals surface area contributed by atoms with Crippen LogP contribution in [-0.2, 0) is 21.9 Å². The fourth-order valence-electron chi connectivity index (χ4n) is 7.65.